The lowest BCUT2D eigenvalue weighted by atomic mass is 10.0. The number of benzene rings is 1. The van der Waals surface area contributed by atoms with Crippen molar-refractivity contribution in [1.29, 1.82) is 0 Å². The predicted molar refractivity (Wildman–Crippen MR) is 92.5 cm³/mol. The number of halogens is 3. The van der Waals surface area contributed by atoms with Crippen LogP contribution in [0.4, 0.5) is 0 Å². The number of nitrogens with zero attached hydrogens (tertiary/aromatic N) is 1. The molecule has 1 N–H and O–H groups in total. The van der Waals surface area contributed by atoms with E-state index in [1.807, 2.05) is 7.05 Å². The quantitative estimate of drug-likeness (QED) is 0.887. The number of carbonyl (C=O) groups excluding carboxylic acids is 1. The van der Waals surface area contributed by atoms with Crippen molar-refractivity contribution in [3.05, 3.63) is 28.2 Å². The monoisotopic (exact) mass is 366 g/mol. The van der Waals surface area contributed by atoms with Crippen LogP contribution in [-0.2, 0) is 4.79 Å². The maximum atomic E-state index is 12.4. The van der Waals surface area contributed by atoms with E-state index >= 15 is 0 Å². The highest BCUT2D eigenvalue weighted by Gasteiger charge is 2.26. The topological polar surface area (TPSA) is 41.6 Å². The summed E-state index contributed by atoms with van der Waals surface area (Å²) in [6.07, 6.45) is 1.39. The van der Waals surface area contributed by atoms with Gasteiger partial charge in [-0.15, -0.1) is 12.4 Å². The third kappa shape index (κ3) is 4.92. The molecule has 1 atom stereocenters. The van der Waals surface area contributed by atoms with E-state index in [0.717, 1.165) is 25.9 Å². The Morgan fingerprint density at radius 2 is 1.95 bits per heavy atom. The van der Waals surface area contributed by atoms with E-state index in [4.69, 9.17) is 27.9 Å². The van der Waals surface area contributed by atoms with E-state index in [2.05, 4.69) is 5.32 Å². The zero-order valence-electron chi connectivity index (χ0n) is 12.6. The van der Waals surface area contributed by atoms with Crippen molar-refractivity contribution >= 4 is 41.5 Å². The van der Waals surface area contributed by atoms with Crippen molar-refractivity contribution in [3.8, 4) is 5.75 Å². The lowest BCUT2D eigenvalue weighted by molar-refractivity contribution is -0.139. The fourth-order valence-corrected chi connectivity index (χ4v) is 2.75. The van der Waals surface area contributed by atoms with E-state index in [1.165, 1.54) is 0 Å². The number of likely N-dealkylation sites (N-methyl/N-ethyl adjacent to an activating group) is 1. The molecule has 7 heteroatoms. The Kier molecular flexibility index (Phi) is 7.77. The van der Waals surface area contributed by atoms with Gasteiger partial charge < -0.3 is 15.0 Å². The van der Waals surface area contributed by atoms with Gasteiger partial charge in [-0.1, -0.05) is 23.2 Å². The van der Waals surface area contributed by atoms with Crippen molar-refractivity contribution in [2.75, 3.05) is 20.1 Å². The summed E-state index contributed by atoms with van der Waals surface area (Å²) >= 11 is 11.8. The second-order valence-electron chi connectivity index (χ2n) is 5.27. The van der Waals surface area contributed by atoms with Gasteiger partial charge in [0.05, 0.1) is 10.0 Å². The van der Waals surface area contributed by atoms with Crippen molar-refractivity contribution < 1.29 is 9.53 Å². The summed E-state index contributed by atoms with van der Waals surface area (Å²) in [5, 5.41) is 4.18. The zero-order chi connectivity index (χ0) is 15.4. The molecule has 0 spiro atoms. The molecular weight excluding hydrogens is 347 g/mol. The number of hydrogen-bond donors (Lipinski definition) is 1. The molecule has 22 heavy (non-hydrogen) atoms. The van der Waals surface area contributed by atoms with Gasteiger partial charge in [0.1, 0.15) is 5.75 Å². The molecule has 1 aliphatic heterocycles. The van der Waals surface area contributed by atoms with Crippen LogP contribution in [0.2, 0.25) is 10.0 Å². The normalized spacial score (nSPS) is 16.5. The molecule has 0 radical (unpaired) electrons. The first-order valence-corrected chi connectivity index (χ1v) is 7.83. The van der Waals surface area contributed by atoms with Crippen LogP contribution < -0.4 is 10.1 Å². The molecule has 1 aromatic rings. The number of piperidine rings is 1. The van der Waals surface area contributed by atoms with Gasteiger partial charge in [-0.3, -0.25) is 4.79 Å². The molecule has 1 saturated heterocycles. The highest BCUT2D eigenvalue weighted by molar-refractivity contribution is 6.42. The minimum atomic E-state index is -0.554. The van der Waals surface area contributed by atoms with Gasteiger partial charge in [0, 0.05) is 19.2 Å². The number of amides is 1. The fourth-order valence-electron chi connectivity index (χ4n) is 2.47. The fraction of sp³-hybridized carbons (Fsp3) is 0.533. The Balaban J connectivity index is 0.00000242. The van der Waals surface area contributed by atoms with Gasteiger partial charge in [0.15, 0.2) is 6.10 Å². The molecule has 0 aliphatic carbocycles. The van der Waals surface area contributed by atoms with Gasteiger partial charge >= 0.3 is 0 Å². The summed E-state index contributed by atoms with van der Waals surface area (Å²) in [4.78, 5) is 14.2. The lowest BCUT2D eigenvalue weighted by Crippen LogP contribution is -2.48. The van der Waals surface area contributed by atoms with Gasteiger partial charge in [0.25, 0.3) is 5.91 Å². The minimum Gasteiger partial charge on any atom is -0.481 e. The summed E-state index contributed by atoms with van der Waals surface area (Å²) in [7, 11) is 1.84. The molecule has 0 saturated carbocycles. The van der Waals surface area contributed by atoms with Crippen LogP contribution in [-0.4, -0.2) is 43.1 Å². The van der Waals surface area contributed by atoms with Crippen molar-refractivity contribution in [3.63, 3.8) is 0 Å². The molecule has 4 nitrogen and oxygen atoms in total. The van der Waals surface area contributed by atoms with Crippen LogP contribution in [0.3, 0.4) is 0 Å². The summed E-state index contributed by atoms with van der Waals surface area (Å²) in [6, 6.07) is 5.27. The Labute approximate surface area is 147 Å². The Morgan fingerprint density at radius 1 is 1.32 bits per heavy atom. The number of nitrogens with one attached hydrogen (secondary N) is 1. The van der Waals surface area contributed by atoms with E-state index in [-0.39, 0.29) is 24.4 Å². The molecule has 0 bridgehead atoms. The van der Waals surface area contributed by atoms with E-state index in [9.17, 15) is 4.79 Å². The SMILES string of the molecule is CC(Oc1ccc(Cl)c(Cl)c1)C(=O)N(C)C1CCNCC1.Cl. The third-order valence-corrected chi connectivity index (χ3v) is 4.49. The maximum Gasteiger partial charge on any atom is 0.263 e. The summed E-state index contributed by atoms with van der Waals surface area (Å²) in [5.41, 5.74) is 0. The van der Waals surface area contributed by atoms with Crippen LogP contribution in [0, 0.1) is 0 Å². The summed E-state index contributed by atoms with van der Waals surface area (Å²) in [5.74, 6) is 0.525. The highest BCUT2D eigenvalue weighted by Crippen LogP contribution is 2.27. The lowest BCUT2D eigenvalue weighted by Gasteiger charge is -2.33. The second kappa shape index (κ2) is 8.82. The number of ether oxygens (including phenoxy) is 1. The minimum absolute atomic E-state index is 0. The largest absolute Gasteiger partial charge is 0.481 e. The zero-order valence-corrected chi connectivity index (χ0v) is 15.0. The maximum absolute atomic E-state index is 12.4. The predicted octanol–water partition coefficient (Wildman–Crippen LogP) is 3.39. The van der Waals surface area contributed by atoms with E-state index < -0.39 is 6.10 Å². The van der Waals surface area contributed by atoms with E-state index in [1.54, 1.807) is 30.0 Å². The summed E-state index contributed by atoms with van der Waals surface area (Å²) in [6.45, 7) is 3.65. The van der Waals surface area contributed by atoms with Crippen molar-refractivity contribution in [1.82, 2.24) is 10.2 Å². The molecule has 1 unspecified atom stereocenters. The molecule has 2 rings (SSSR count). The first-order chi connectivity index (χ1) is 9.99. The first-order valence-electron chi connectivity index (χ1n) is 7.08. The van der Waals surface area contributed by atoms with E-state index in [0.29, 0.717) is 15.8 Å². The Hall–Kier alpha value is -0.680. The Bertz CT molecular complexity index is 508. The van der Waals surface area contributed by atoms with Gasteiger partial charge in [-0.25, -0.2) is 0 Å². The van der Waals surface area contributed by atoms with Crippen LogP contribution in [0.25, 0.3) is 0 Å². The summed E-state index contributed by atoms with van der Waals surface area (Å²) < 4.78 is 5.67. The smallest absolute Gasteiger partial charge is 0.263 e. The number of rotatable bonds is 4. The van der Waals surface area contributed by atoms with Gasteiger partial charge in [-0.05, 0) is 45.0 Å². The third-order valence-electron chi connectivity index (χ3n) is 3.76. The van der Waals surface area contributed by atoms with Crippen molar-refractivity contribution in [2.24, 2.45) is 0 Å². The molecule has 1 aromatic carbocycles. The average molecular weight is 368 g/mol. The molecule has 0 aromatic heterocycles. The molecular formula is C15H21Cl3N2O2. The van der Waals surface area contributed by atoms with Crippen LogP contribution in [0.5, 0.6) is 5.75 Å². The molecule has 1 amide bonds. The number of hydrogen-bond acceptors (Lipinski definition) is 3. The first kappa shape index (κ1) is 19.4. The van der Waals surface area contributed by atoms with Crippen LogP contribution in [0.15, 0.2) is 18.2 Å². The molecule has 1 aliphatic rings. The molecule has 1 heterocycles. The molecule has 124 valence electrons. The molecule has 1 fully saturated rings. The van der Waals surface area contributed by atoms with Crippen LogP contribution >= 0.6 is 35.6 Å². The van der Waals surface area contributed by atoms with Crippen molar-refractivity contribution in [2.45, 2.75) is 31.9 Å². The number of carbonyl (C=O) groups is 1. The average Bonchev–Trinajstić information content (AvgIpc) is 2.50. The highest BCUT2D eigenvalue weighted by atomic mass is 35.5. The standard InChI is InChI=1S/C15H20Cl2N2O2.ClH/c1-10(21-12-3-4-13(16)14(17)9-12)15(20)19(2)11-5-7-18-8-6-11;/h3-4,9-11,18H,5-8H2,1-2H3;1H. The second-order valence-corrected chi connectivity index (χ2v) is 6.08. The Morgan fingerprint density at radius 3 is 2.55 bits per heavy atom. The van der Waals surface area contributed by atoms with Crippen LogP contribution in [0.1, 0.15) is 19.8 Å². The van der Waals surface area contributed by atoms with Gasteiger partial charge in [-0.2, -0.15) is 0 Å². The van der Waals surface area contributed by atoms with Gasteiger partial charge in [0.2, 0.25) is 0 Å².